The molecule has 1 rings (SSSR count). The molecule has 78 valence electrons. The summed E-state index contributed by atoms with van der Waals surface area (Å²) in [7, 11) is 0. The van der Waals surface area contributed by atoms with E-state index in [4.69, 9.17) is 11.5 Å². The SMILES string of the molecule is CC(N)c1cc(C(C)(C)C)ccc1N. The molecular formula is C12H20N2. The lowest BCUT2D eigenvalue weighted by Crippen LogP contribution is -2.14. The first kappa shape index (κ1) is 11.1. The minimum atomic E-state index is -0.00250. The van der Waals surface area contributed by atoms with Gasteiger partial charge in [-0.15, -0.1) is 0 Å². The molecule has 0 fully saturated rings. The highest BCUT2D eigenvalue weighted by molar-refractivity contribution is 5.51. The van der Waals surface area contributed by atoms with Crippen LogP contribution in [0.25, 0.3) is 0 Å². The van der Waals surface area contributed by atoms with E-state index in [2.05, 4.69) is 32.9 Å². The summed E-state index contributed by atoms with van der Waals surface area (Å²) in [6, 6.07) is 6.12. The fourth-order valence-electron chi connectivity index (χ4n) is 1.44. The van der Waals surface area contributed by atoms with Crippen LogP contribution >= 0.6 is 0 Å². The molecule has 1 unspecified atom stereocenters. The molecule has 0 bridgehead atoms. The zero-order chi connectivity index (χ0) is 10.9. The van der Waals surface area contributed by atoms with Gasteiger partial charge in [-0.1, -0.05) is 32.9 Å². The predicted molar refractivity (Wildman–Crippen MR) is 62.2 cm³/mol. The molecule has 2 heteroatoms. The van der Waals surface area contributed by atoms with E-state index in [0.29, 0.717) is 0 Å². The van der Waals surface area contributed by atoms with E-state index < -0.39 is 0 Å². The number of nitrogens with two attached hydrogens (primary N) is 2. The Kier molecular flexibility index (Phi) is 2.86. The summed E-state index contributed by atoms with van der Waals surface area (Å²) in [5, 5.41) is 0. The van der Waals surface area contributed by atoms with Crippen LogP contribution in [0.4, 0.5) is 5.69 Å². The van der Waals surface area contributed by atoms with Gasteiger partial charge in [0.1, 0.15) is 0 Å². The zero-order valence-electron chi connectivity index (χ0n) is 9.46. The highest BCUT2D eigenvalue weighted by Gasteiger charge is 2.15. The fourth-order valence-corrected chi connectivity index (χ4v) is 1.44. The van der Waals surface area contributed by atoms with Gasteiger partial charge < -0.3 is 11.5 Å². The van der Waals surface area contributed by atoms with Crippen LogP contribution in [0.15, 0.2) is 18.2 Å². The summed E-state index contributed by atoms with van der Waals surface area (Å²) < 4.78 is 0. The number of anilines is 1. The molecule has 0 aromatic heterocycles. The molecule has 1 atom stereocenters. The van der Waals surface area contributed by atoms with Crippen molar-refractivity contribution in [3.8, 4) is 0 Å². The van der Waals surface area contributed by atoms with Gasteiger partial charge in [-0.3, -0.25) is 0 Å². The second-order valence-electron chi connectivity index (χ2n) is 4.88. The molecular weight excluding hydrogens is 172 g/mol. The third-order valence-electron chi connectivity index (χ3n) is 2.44. The van der Waals surface area contributed by atoms with Crippen molar-refractivity contribution in [3.63, 3.8) is 0 Å². The van der Waals surface area contributed by atoms with E-state index in [1.54, 1.807) is 0 Å². The van der Waals surface area contributed by atoms with Crippen LogP contribution in [0.1, 0.15) is 44.9 Å². The first-order valence-corrected chi connectivity index (χ1v) is 4.98. The quantitative estimate of drug-likeness (QED) is 0.672. The van der Waals surface area contributed by atoms with Crippen LogP contribution in [0, 0.1) is 0 Å². The first-order valence-electron chi connectivity index (χ1n) is 4.98. The second-order valence-corrected chi connectivity index (χ2v) is 4.88. The van der Waals surface area contributed by atoms with Gasteiger partial charge in [0.15, 0.2) is 0 Å². The minimum Gasteiger partial charge on any atom is -0.398 e. The third-order valence-corrected chi connectivity index (χ3v) is 2.44. The predicted octanol–water partition coefficient (Wildman–Crippen LogP) is 2.59. The van der Waals surface area contributed by atoms with Gasteiger partial charge in [0.25, 0.3) is 0 Å². The smallest absolute Gasteiger partial charge is 0.0362 e. The van der Waals surface area contributed by atoms with E-state index in [0.717, 1.165) is 11.3 Å². The van der Waals surface area contributed by atoms with Gasteiger partial charge in [-0.05, 0) is 29.5 Å². The lowest BCUT2D eigenvalue weighted by atomic mass is 9.85. The third kappa shape index (κ3) is 2.26. The summed E-state index contributed by atoms with van der Waals surface area (Å²) in [6.07, 6.45) is 0. The van der Waals surface area contributed by atoms with Gasteiger partial charge in [-0.2, -0.15) is 0 Å². The standard InChI is InChI=1S/C12H20N2/c1-8(13)10-7-9(12(2,3)4)5-6-11(10)14/h5-8H,13-14H2,1-4H3. The molecule has 0 spiro atoms. The monoisotopic (exact) mass is 192 g/mol. The van der Waals surface area contributed by atoms with Gasteiger partial charge in [0.05, 0.1) is 0 Å². The minimum absolute atomic E-state index is 0.00250. The Balaban J connectivity index is 3.20. The Labute approximate surface area is 86.3 Å². The maximum atomic E-state index is 5.85. The maximum absolute atomic E-state index is 5.85. The van der Waals surface area contributed by atoms with Crippen molar-refractivity contribution < 1.29 is 0 Å². The number of hydrogen-bond donors (Lipinski definition) is 2. The van der Waals surface area contributed by atoms with Crippen LogP contribution in [-0.2, 0) is 5.41 Å². The summed E-state index contributed by atoms with van der Waals surface area (Å²) in [5.41, 5.74) is 15.0. The van der Waals surface area contributed by atoms with Crippen molar-refractivity contribution in [1.29, 1.82) is 0 Å². The molecule has 2 nitrogen and oxygen atoms in total. The maximum Gasteiger partial charge on any atom is 0.0362 e. The van der Waals surface area contributed by atoms with Crippen LogP contribution in [0.5, 0.6) is 0 Å². The molecule has 14 heavy (non-hydrogen) atoms. The topological polar surface area (TPSA) is 52.0 Å². The van der Waals surface area contributed by atoms with Gasteiger partial charge in [0.2, 0.25) is 0 Å². The first-order chi connectivity index (χ1) is 6.32. The number of rotatable bonds is 1. The van der Waals surface area contributed by atoms with Gasteiger partial charge in [0, 0.05) is 11.7 Å². The van der Waals surface area contributed by atoms with Crippen LogP contribution < -0.4 is 11.5 Å². The van der Waals surface area contributed by atoms with E-state index >= 15 is 0 Å². The summed E-state index contributed by atoms with van der Waals surface area (Å²) >= 11 is 0. The average molecular weight is 192 g/mol. The Hall–Kier alpha value is -1.02. The molecule has 0 radical (unpaired) electrons. The van der Waals surface area contributed by atoms with Crippen LogP contribution in [0.2, 0.25) is 0 Å². The second kappa shape index (κ2) is 3.62. The normalized spacial score (nSPS) is 14.1. The van der Waals surface area contributed by atoms with Crippen molar-refractivity contribution in [2.75, 3.05) is 5.73 Å². The lowest BCUT2D eigenvalue weighted by Gasteiger charge is -2.21. The molecule has 0 aliphatic heterocycles. The summed E-state index contributed by atoms with van der Waals surface area (Å²) in [4.78, 5) is 0. The molecule has 0 aliphatic rings. The lowest BCUT2D eigenvalue weighted by molar-refractivity contribution is 0.588. The summed E-state index contributed by atoms with van der Waals surface area (Å²) in [6.45, 7) is 8.51. The van der Waals surface area contributed by atoms with Crippen molar-refractivity contribution in [1.82, 2.24) is 0 Å². The average Bonchev–Trinajstić information content (AvgIpc) is 2.02. The molecule has 0 saturated carbocycles. The van der Waals surface area contributed by atoms with Crippen molar-refractivity contribution in [2.45, 2.75) is 39.2 Å². The molecule has 1 aromatic rings. The number of nitrogen functional groups attached to an aromatic ring is 1. The fraction of sp³-hybridized carbons (Fsp3) is 0.500. The Bertz CT molecular complexity index is 322. The molecule has 4 N–H and O–H groups in total. The molecule has 1 aromatic carbocycles. The summed E-state index contributed by atoms with van der Waals surface area (Å²) in [5.74, 6) is 0. The Morgan fingerprint density at radius 1 is 1.21 bits per heavy atom. The number of benzene rings is 1. The Morgan fingerprint density at radius 2 is 1.79 bits per heavy atom. The number of hydrogen-bond acceptors (Lipinski definition) is 2. The molecule has 0 amide bonds. The molecule has 0 saturated heterocycles. The van der Waals surface area contributed by atoms with Crippen LogP contribution in [0.3, 0.4) is 0 Å². The van der Waals surface area contributed by atoms with Crippen molar-refractivity contribution >= 4 is 5.69 Å². The molecule has 0 heterocycles. The zero-order valence-corrected chi connectivity index (χ0v) is 9.46. The van der Waals surface area contributed by atoms with Crippen molar-refractivity contribution in [2.24, 2.45) is 5.73 Å². The van der Waals surface area contributed by atoms with Gasteiger partial charge >= 0.3 is 0 Å². The molecule has 0 aliphatic carbocycles. The van der Waals surface area contributed by atoms with E-state index in [1.165, 1.54) is 5.56 Å². The van der Waals surface area contributed by atoms with Gasteiger partial charge in [-0.25, -0.2) is 0 Å². The van der Waals surface area contributed by atoms with E-state index in [9.17, 15) is 0 Å². The van der Waals surface area contributed by atoms with Crippen molar-refractivity contribution in [3.05, 3.63) is 29.3 Å². The largest absolute Gasteiger partial charge is 0.398 e. The van der Waals surface area contributed by atoms with Crippen LogP contribution in [-0.4, -0.2) is 0 Å². The highest BCUT2D eigenvalue weighted by Crippen LogP contribution is 2.27. The Morgan fingerprint density at radius 3 is 2.21 bits per heavy atom. The van der Waals surface area contributed by atoms with E-state index in [1.807, 2.05) is 13.0 Å². The highest BCUT2D eigenvalue weighted by atomic mass is 14.7. The van der Waals surface area contributed by atoms with E-state index in [-0.39, 0.29) is 11.5 Å².